The number of carbonyl (C=O) groups excluding carboxylic acids is 7. The van der Waals surface area contributed by atoms with E-state index >= 15 is 0 Å². The number of amides is 5. The summed E-state index contributed by atoms with van der Waals surface area (Å²) in [6, 6.07) is 19.7. The van der Waals surface area contributed by atoms with Crippen molar-refractivity contribution in [2.75, 3.05) is 45.4 Å². The lowest BCUT2D eigenvalue weighted by Gasteiger charge is -2.28. The number of anilines is 1. The Hall–Kier alpha value is -7.66. The molecular formula is C59H68N5O12+. The molecule has 0 saturated carbocycles. The van der Waals surface area contributed by atoms with Crippen molar-refractivity contribution in [2.24, 2.45) is 0 Å². The minimum Gasteiger partial charge on any atom is -0.497 e. The van der Waals surface area contributed by atoms with Gasteiger partial charge in [0, 0.05) is 98.1 Å². The van der Waals surface area contributed by atoms with Crippen molar-refractivity contribution >= 4 is 64.1 Å². The van der Waals surface area contributed by atoms with Crippen molar-refractivity contribution in [3.05, 3.63) is 124 Å². The topological polar surface area (TPSA) is 201 Å². The number of hydroxylamine groups is 4. The predicted molar refractivity (Wildman–Crippen MR) is 283 cm³/mol. The molecule has 1 aliphatic carbocycles. The third kappa shape index (κ3) is 11.6. The van der Waals surface area contributed by atoms with Crippen LogP contribution in [0.5, 0.6) is 11.5 Å². The zero-order chi connectivity index (χ0) is 54.3. The monoisotopic (exact) mass is 1040 g/mol. The number of aliphatic hydroxyl groups is 1. The molecule has 3 aromatic rings. The third-order valence-electron chi connectivity index (χ3n) is 14.9. The molecule has 0 bridgehead atoms. The number of imide groups is 2. The number of hydrogen-bond donors (Lipinski definition) is 2. The molecule has 2 N–H and O–H groups in total. The summed E-state index contributed by atoms with van der Waals surface area (Å²) >= 11 is 0. The summed E-state index contributed by atoms with van der Waals surface area (Å²) in [6.07, 6.45) is 13.6. The van der Waals surface area contributed by atoms with Gasteiger partial charge in [0.25, 0.3) is 29.5 Å². The maximum atomic E-state index is 13.0. The average Bonchev–Trinajstić information content (AvgIpc) is 4.05. The first-order valence-electron chi connectivity index (χ1n) is 26.2. The molecule has 4 aliphatic heterocycles. The second-order valence-electron chi connectivity index (χ2n) is 20.6. The maximum Gasteiger partial charge on any atom is 0.333 e. The van der Waals surface area contributed by atoms with Crippen LogP contribution in [0.15, 0.2) is 102 Å². The zero-order valence-electron chi connectivity index (χ0n) is 44.3. The molecule has 2 saturated heterocycles. The fourth-order valence-electron chi connectivity index (χ4n) is 10.8. The predicted octanol–water partition coefficient (Wildman–Crippen LogP) is 8.16. The van der Waals surface area contributed by atoms with Crippen molar-refractivity contribution in [3.8, 4) is 11.5 Å². The highest BCUT2D eigenvalue weighted by atomic mass is 16.7. The number of hydrogen-bond acceptors (Lipinski definition) is 13. The van der Waals surface area contributed by atoms with Gasteiger partial charge >= 0.3 is 11.9 Å². The van der Waals surface area contributed by atoms with Crippen LogP contribution in [0, 0.1) is 0 Å². The Morgan fingerprint density at radius 3 is 1.88 bits per heavy atom. The van der Waals surface area contributed by atoms with Gasteiger partial charge in [0.15, 0.2) is 5.71 Å². The maximum absolute atomic E-state index is 13.0. The SMILES string of the molecule is COc1ccc2c(c1)C(C)(C)C(/C=C/C1=C(c3ccc(C(=O)NCCO)cc3)C(=C/C=C3/N(CCCCC(=O)ON4C(=O)CCC4=O)c4ccc(OC)cc4C3(C)C)/CCC1)=[N+]2CCCCC(=O)ON1C(=O)CCC1=O. The van der Waals surface area contributed by atoms with Crippen LogP contribution in [-0.2, 0) is 49.3 Å². The van der Waals surface area contributed by atoms with E-state index in [1.54, 1.807) is 26.4 Å². The number of methoxy groups -OCH3 is 2. The minimum absolute atomic E-state index is 0.0309. The number of benzene rings is 3. The van der Waals surface area contributed by atoms with Crippen LogP contribution in [-0.4, -0.2) is 107 Å². The number of aliphatic hydroxyl groups excluding tert-OH is 1. The number of allylic oxidation sites excluding steroid dienone is 8. The first-order chi connectivity index (χ1) is 36.5. The molecule has 3 aromatic carbocycles. The van der Waals surface area contributed by atoms with E-state index in [9.17, 15) is 38.7 Å². The lowest BCUT2D eigenvalue weighted by molar-refractivity contribution is -0.438. The third-order valence-corrected chi connectivity index (χ3v) is 14.9. The molecule has 4 heterocycles. The van der Waals surface area contributed by atoms with Crippen LogP contribution in [0.1, 0.15) is 138 Å². The van der Waals surface area contributed by atoms with E-state index in [4.69, 9.17) is 19.1 Å². The van der Waals surface area contributed by atoms with Crippen molar-refractivity contribution in [1.29, 1.82) is 0 Å². The molecular weight excluding hydrogens is 971 g/mol. The summed E-state index contributed by atoms with van der Waals surface area (Å²) in [4.78, 5) is 99.4. The quantitative estimate of drug-likeness (QED) is 0.0589. The van der Waals surface area contributed by atoms with E-state index in [-0.39, 0.29) is 57.6 Å². The van der Waals surface area contributed by atoms with Crippen molar-refractivity contribution < 1.29 is 62.4 Å². The van der Waals surface area contributed by atoms with Crippen LogP contribution in [0.3, 0.4) is 0 Å². The molecule has 400 valence electrons. The number of rotatable bonds is 21. The molecule has 5 aliphatic rings. The van der Waals surface area contributed by atoms with Crippen molar-refractivity contribution in [3.63, 3.8) is 0 Å². The van der Waals surface area contributed by atoms with Crippen molar-refractivity contribution in [1.82, 2.24) is 15.4 Å². The number of nitrogens with zero attached hydrogens (tertiary/aromatic N) is 4. The van der Waals surface area contributed by atoms with E-state index in [2.05, 4.69) is 91.1 Å². The zero-order valence-corrected chi connectivity index (χ0v) is 44.3. The molecule has 5 amide bonds. The second-order valence-corrected chi connectivity index (χ2v) is 20.6. The van der Waals surface area contributed by atoms with Crippen LogP contribution in [0.25, 0.3) is 5.57 Å². The van der Waals surface area contributed by atoms with Crippen LogP contribution in [0.4, 0.5) is 11.4 Å². The number of fused-ring (bicyclic) bond motifs is 2. The molecule has 17 heteroatoms. The molecule has 0 unspecified atom stereocenters. The Morgan fingerprint density at radius 1 is 0.684 bits per heavy atom. The fraction of sp³-hybridized carbons (Fsp3) is 0.424. The van der Waals surface area contributed by atoms with E-state index in [1.807, 2.05) is 24.3 Å². The van der Waals surface area contributed by atoms with Gasteiger partial charge in [0.05, 0.1) is 26.2 Å². The van der Waals surface area contributed by atoms with Gasteiger partial charge in [-0.2, -0.15) is 4.58 Å². The summed E-state index contributed by atoms with van der Waals surface area (Å²) in [7, 11) is 3.30. The Morgan fingerprint density at radius 2 is 1.28 bits per heavy atom. The van der Waals surface area contributed by atoms with E-state index in [0.29, 0.717) is 54.5 Å². The Bertz CT molecular complexity index is 2950. The number of ether oxygens (including phenoxy) is 2. The van der Waals surface area contributed by atoms with Gasteiger partial charge < -0.3 is 34.5 Å². The van der Waals surface area contributed by atoms with E-state index < -0.39 is 46.4 Å². The summed E-state index contributed by atoms with van der Waals surface area (Å²) in [5.41, 5.74) is 10.1. The largest absolute Gasteiger partial charge is 0.497 e. The number of unbranched alkanes of at least 4 members (excludes halogenated alkanes) is 2. The molecule has 8 rings (SSSR count). The minimum atomic E-state index is -0.628. The highest BCUT2D eigenvalue weighted by molar-refractivity contribution is 6.04. The van der Waals surface area contributed by atoms with E-state index in [1.165, 1.54) is 0 Å². The van der Waals surface area contributed by atoms with Gasteiger partial charge in [0.1, 0.15) is 18.0 Å². The summed E-state index contributed by atoms with van der Waals surface area (Å²) < 4.78 is 13.7. The highest BCUT2D eigenvalue weighted by Gasteiger charge is 2.45. The van der Waals surface area contributed by atoms with E-state index in [0.717, 1.165) is 87.0 Å². The summed E-state index contributed by atoms with van der Waals surface area (Å²) in [5, 5.41) is 13.3. The smallest absolute Gasteiger partial charge is 0.333 e. The Kier molecular flexibility index (Phi) is 16.9. The molecule has 17 nitrogen and oxygen atoms in total. The van der Waals surface area contributed by atoms with Crippen LogP contribution < -0.4 is 19.7 Å². The molecule has 0 spiro atoms. The Labute approximate surface area is 443 Å². The average molecular weight is 1040 g/mol. The Balaban J connectivity index is 1.13. The number of carbonyl (C=O) groups is 7. The lowest BCUT2D eigenvalue weighted by atomic mass is 9.79. The van der Waals surface area contributed by atoms with Crippen LogP contribution in [0.2, 0.25) is 0 Å². The number of nitrogens with one attached hydrogen (secondary N) is 1. The molecule has 76 heavy (non-hydrogen) atoms. The molecule has 0 atom stereocenters. The van der Waals surface area contributed by atoms with Gasteiger partial charge in [0.2, 0.25) is 5.69 Å². The highest BCUT2D eigenvalue weighted by Crippen LogP contribution is 2.50. The van der Waals surface area contributed by atoms with Gasteiger partial charge in [-0.15, -0.1) is 10.1 Å². The van der Waals surface area contributed by atoms with Crippen LogP contribution >= 0.6 is 0 Å². The van der Waals surface area contributed by atoms with Gasteiger partial charge in [-0.3, -0.25) is 24.0 Å². The fourth-order valence-corrected chi connectivity index (χ4v) is 10.8. The molecule has 2 fully saturated rings. The first-order valence-corrected chi connectivity index (χ1v) is 26.2. The summed E-state index contributed by atoms with van der Waals surface area (Å²) in [5.74, 6) is -2.10. The van der Waals surface area contributed by atoms with Crippen molar-refractivity contribution in [2.45, 2.75) is 122 Å². The molecule has 0 aromatic heterocycles. The van der Waals surface area contributed by atoms with Gasteiger partial charge in [-0.1, -0.05) is 38.1 Å². The second kappa shape index (κ2) is 23.5. The molecule has 0 radical (unpaired) electrons. The van der Waals surface area contributed by atoms with Gasteiger partial charge in [-0.05, 0) is 129 Å². The first kappa shape index (κ1) is 54.6. The lowest BCUT2D eigenvalue weighted by Crippen LogP contribution is -2.32. The van der Waals surface area contributed by atoms with Gasteiger partial charge in [-0.25, -0.2) is 9.59 Å². The summed E-state index contributed by atoms with van der Waals surface area (Å²) in [6.45, 7) is 9.87. The standard InChI is InChI=1S/C59H67N5O12/c1-58(2)44-36-42(73-5)22-24-46(44)61(33-9-7-14-54(70)75-63-50(66)28-29-51(63)67)48(58)26-20-38-12-11-13-39(56(38)40-16-18-41(19-17-40)57(72)60-32-35-65)21-27-49-59(3,4)45-37-43(74-6)23-25-47(45)62(49)34-10-8-15-55(71)76-64-52(68)30-31-53(64)69/h16-27,36-37,65H,7-15,28-35H2,1-6H3/p+1. The normalized spacial score (nSPS) is 18.9.